The molecule has 1 aliphatic heterocycles. The summed E-state index contributed by atoms with van der Waals surface area (Å²) in [6.45, 7) is 2.95. The highest BCUT2D eigenvalue weighted by Gasteiger charge is 2.30. The SMILES string of the molecule is C[C@H]1CC(COCc2ccccc2)OC1=O. The smallest absolute Gasteiger partial charge is 0.309 e. The summed E-state index contributed by atoms with van der Waals surface area (Å²) in [5.41, 5.74) is 1.14. The Kier molecular flexibility index (Phi) is 3.57. The van der Waals surface area contributed by atoms with Crippen LogP contribution in [0.3, 0.4) is 0 Å². The van der Waals surface area contributed by atoms with Crippen LogP contribution in [-0.2, 0) is 20.9 Å². The second-order valence-corrected chi connectivity index (χ2v) is 4.20. The van der Waals surface area contributed by atoms with Crippen LogP contribution < -0.4 is 0 Å². The largest absolute Gasteiger partial charge is 0.460 e. The van der Waals surface area contributed by atoms with Crippen molar-refractivity contribution in [3.8, 4) is 0 Å². The summed E-state index contributed by atoms with van der Waals surface area (Å²) in [6, 6.07) is 9.98. The lowest BCUT2D eigenvalue weighted by Gasteiger charge is -2.09. The number of benzene rings is 1. The Morgan fingerprint density at radius 2 is 2.12 bits per heavy atom. The van der Waals surface area contributed by atoms with Crippen LogP contribution in [0.4, 0.5) is 0 Å². The van der Waals surface area contributed by atoms with Crippen LogP contribution in [0.25, 0.3) is 0 Å². The maximum absolute atomic E-state index is 11.1. The molecule has 0 radical (unpaired) electrons. The van der Waals surface area contributed by atoms with Crippen molar-refractivity contribution in [2.45, 2.75) is 26.1 Å². The van der Waals surface area contributed by atoms with Gasteiger partial charge in [-0.15, -0.1) is 0 Å². The lowest BCUT2D eigenvalue weighted by molar-refractivity contribution is -0.145. The Bertz CT molecular complexity index is 347. The third-order valence-corrected chi connectivity index (χ3v) is 2.72. The molecular weight excluding hydrogens is 204 g/mol. The summed E-state index contributed by atoms with van der Waals surface area (Å²) < 4.78 is 10.7. The van der Waals surface area contributed by atoms with E-state index in [2.05, 4.69) is 0 Å². The van der Waals surface area contributed by atoms with Crippen molar-refractivity contribution in [2.24, 2.45) is 5.92 Å². The summed E-state index contributed by atoms with van der Waals surface area (Å²) in [7, 11) is 0. The molecule has 1 saturated heterocycles. The number of carbonyl (C=O) groups excluding carboxylic acids is 1. The average Bonchev–Trinajstić information content (AvgIpc) is 2.60. The summed E-state index contributed by atoms with van der Waals surface area (Å²) in [4.78, 5) is 11.1. The zero-order chi connectivity index (χ0) is 11.4. The molecule has 0 N–H and O–H groups in total. The number of cyclic esters (lactones) is 1. The van der Waals surface area contributed by atoms with Crippen molar-refractivity contribution in [2.75, 3.05) is 6.61 Å². The zero-order valence-corrected chi connectivity index (χ0v) is 9.39. The maximum Gasteiger partial charge on any atom is 0.309 e. The van der Waals surface area contributed by atoms with Gasteiger partial charge in [-0.3, -0.25) is 4.79 Å². The van der Waals surface area contributed by atoms with Crippen molar-refractivity contribution in [3.63, 3.8) is 0 Å². The van der Waals surface area contributed by atoms with Gasteiger partial charge in [-0.1, -0.05) is 37.3 Å². The Balaban J connectivity index is 1.71. The monoisotopic (exact) mass is 220 g/mol. The number of carbonyl (C=O) groups is 1. The summed E-state index contributed by atoms with van der Waals surface area (Å²) in [5, 5.41) is 0. The van der Waals surface area contributed by atoms with Crippen LogP contribution in [0.5, 0.6) is 0 Å². The highest BCUT2D eigenvalue weighted by molar-refractivity contribution is 5.74. The van der Waals surface area contributed by atoms with Gasteiger partial charge in [0.05, 0.1) is 19.1 Å². The van der Waals surface area contributed by atoms with Crippen molar-refractivity contribution < 1.29 is 14.3 Å². The molecule has 0 saturated carbocycles. The van der Waals surface area contributed by atoms with E-state index in [1.165, 1.54) is 0 Å². The number of rotatable bonds is 4. The van der Waals surface area contributed by atoms with Crippen LogP contribution >= 0.6 is 0 Å². The molecule has 1 aliphatic rings. The predicted molar refractivity (Wildman–Crippen MR) is 59.8 cm³/mol. The molecule has 1 aromatic rings. The Morgan fingerprint density at radius 1 is 1.38 bits per heavy atom. The van der Waals surface area contributed by atoms with Crippen molar-refractivity contribution in [3.05, 3.63) is 35.9 Å². The van der Waals surface area contributed by atoms with Gasteiger partial charge in [-0.2, -0.15) is 0 Å². The Labute approximate surface area is 95.4 Å². The minimum absolute atomic E-state index is 0.0188. The topological polar surface area (TPSA) is 35.5 Å². The molecule has 0 bridgehead atoms. The van der Waals surface area contributed by atoms with Crippen LogP contribution in [-0.4, -0.2) is 18.7 Å². The highest BCUT2D eigenvalue weighted by Crippen LogP contribution is 2.20. The second kappa shape index (κ2) is 5.12. The van der Waals surface area contributed by atoms with Crippen molar-refractivity contribution in [1.29, 1.82) is 0 Å². The van der Waals surface area contributed by atoms with Gasteiger partial charge in [-0.05, 0) is 12.0 Å². The Morgan fingerprint density at radius 3 is 2.75 bits per heavy atom. The van der Waals surface area contributed by atoms with Gasteiger partial charge in [0.25, 0.3) is 0 Å². The molecule has 16 heavy (non-hydrogen) atoms. The molecule has 1 fully saturated rings. The zero-order valence-electron chi connectivity index (χ0n) is 9.39. The molecule has 1 aromatic carbocycles. The van der Waals surface area contributed by atoms with Crippen molar-refractivity contribution >= 4 is 5.97 Å². The fourth-order valence-corrected chi connectivity index (χ4v) is 1.80. The number of ether oxygens (including phenoxy) is 2. The van der Waals surface area contributed by atoms with E-state index in [1.54, 1.807) is 0 Å². The molecule has 86 valence electrons. The average molecular weight is 220 g/mol. The first kappa shape index (κ1) is 11.1. The molecule has 3 heteroatoms. The van der Waals surface area contributed by atoms with E-state index < -0.39 is 0 Å². The fourth-order valence-electron chi connectivity index (χ4n) is 1.80. The van der Waals surface area contributed by atoms with Gasteiger partial charge in [0.15, 0.2) is 0 Å². The van der Waals surface area contributed by atoms with Crippen LogP contribution in [0.1, 0.15) is 18.9 Å². The standard InChI is InChI=1S/C13H16O3/c1-10-7-12(16-13(10)14)9-15-8-11-5-3-2-4-6-11/h2-6,10,12H,7-9H2,1H3/t10-,12?/m0/s1. The van der Waals surface area contributed by atoms with E-state index in [0.29, 0.717) is 13.2 Å². The van der Waals surface area contributed by atoms with Gasteiger partial charge in [-0.25, -0.2) is 0 Å². The second-order valence-electron chi connectivity index (χ2n) is 4.20. The Hall–Kier alpha value is -1.35. The summed E-state index contributed by atoms with van der Waals surface area (Å²) >= 11 is 0. The van der Waals surface area contributed by atoms with Crippen molar-refractivity contribution in [1.82, 2.24) is 0 Å². The quantitative estimate of drug-likeness (QED) is 0.729. The molecule has 0 amide bonds. The summed E-state index contributed by atoms with van der Waals surface area (Å²) in [5.74, 6) is -0.0846. The number of esters is 1. The summed E-state index contributed by atoms with van der Waals surface area (Å²) in [6.07, 6.45) is 0.708. The number of hydrogen-bond donors (Lipinski definition) is 0. The molecule has 2 atom stereocenters. The van der Waals surface area contributed by atoms with Crippen LogP contribution in [0, 0.1) is 5.92 Å². The normalized spacial score (nSPS) is 24.4. The van der Waals surface area contributed by atoms with Gasteiger partial charge in [0.1, 0.15) is 6.10 Å². The molecule has 1 heterocycles. The maximum atomic E-state index is 11.1. The molecule has 0 aromatic heterocycles. The molecule has 1 unspecified atom stereocenters. The third-order valence-electron chi connectivity index (χ3n) is 2.72. The molecule has 2 rings (SSSR count). The van der Waals surface area contributed by atoms with Gasteiger partial charge < -0.3 is 9.47 Å². The molecule has 3 nitrogen and oxygen atoms in total. The first-order chi connectivity index (χ1) is 7.75. The van der Waals surface area contributed by atoms with Gasteiger partial charge in [0, 0.05) is 0 Å². The van der Waals surface area contributed by atoms with Crippen LogP contribution in [0.15, 0.2) is 30.3 Å². The van der Waals surface area contributed by atoms with Gasteiger partial charge in [0.2, 0.25) is 0 Å². The number of hydrogen-bond acceptors (Lipinski definition) is 3. The lowest BCUT2D eigenvalue weighted by Crippen LogP contribution is -2.14. The molecule has 0 spiro atoms. The van der Waals surface area contributed by atoms with Gasteiger partial charge >= 0.3 is 5.97 Å². The fraction of sp³-hybridized carbons (Fsp3) is 0.462. The first-order valence-electron chi connectivity index (χ1n) is 5.58. The van der Waals surface area contributed by atoms with E-state index in [9.17, 15) is 4.79 Å². The van der Waals surface area contributed by atoms with E-state index in [1.807, 2.05) is 37.3 Å². The van der Waals surface area contributed by atoms with E-state index >= 15 is 0 Å². The van der Waals surface area contributed by atoms with Crippen LogP contribution in [0.2, 0.25) is 0 Å². The third kappa shape index (κ3) is 2.83. The van der Waals surface area contributed by atoms with E-state index in [4.69, 9.17) is 9.47 Å². The molecule has 0 aliphatic carbocycles. The minimum Gasteiger partial charge on any atom is -0.460 e. The van der Waals surface area contributed by atoms with E-state index in [0.717, 1.165) is 12.0 Å². The predicted octanol–water partition coefficient (Wildman–Crippen LogP) is 2.15. The van der Waals surface area contributed by atoms with E-state index in [-0.39, 0.29) is 18.0 Å². The highest BCUT2D eigenvalue weighted by atomic mass is 16.6. The molecular formula is C13H16O3. The lowest BCUT2D eigenvalue weighted by atomic mass is 10.1. The first-order valence-corrected chi connectivity index (χ1v) is 5.58. The minimum atomic E-state index is -0.103.